The van der Waals surface area contributed by atoms with Gasteiger partial charge in [0.25, 0.3) is 0 Å². The van der Waals surface area contributed by atoms with Gasteiger partial charge in [0.1, 0.15) is 0 Å². The molecule has 6 nitrogen and oxygen atoms in total. The number of carbonyl (C=O) groups is 1. The minimum absolute atomic E-state index is 0.0467. The van der Waals surface area contributed by atoms with Gasteiger partial charge in [0.2, 0.25) is 5.91 Å². The van der Waals surface area contributed by atoms with E-state index in [1.807, 2.05) is 36.4 Å². The quantitative estimate of drug-likeness (QED) is 0.564. The Labute approximate surface area is 169 Å². The van der Waals surface area contributed by atoms with Crippen LogP contribution in [0.25, 0.3) is 11.4 Å². The summed E-state index contributed by atoms with van der Waals surface area (Å²) in [5.41, 5.74) is 2.98. The Morgan fingerprint density at radius 2 is 1.89 bits per heavy atom. The number of thioether (sulfide) groups is 1. The zero-order chi connectivity index (χ0) is 19.9. The molecule has 0 unspecified atom stereocenters. The average Bonchev–Trinajstić information content (AvgIpc) is 3.10. The highest BCUT2D eigenvalue weighted by Crippen LogP contribution is 2.26. The fourth-order valence-corrected chi connectivity index (χ4v) is 3.73. The average molecular weight is 396 g/mol. The van der Waals surface area contributed by atoms with Crippen molar-refractivity contribution >= 4 is 23.4 Å². The minimum Gasteiger partial charge on any atom is -0.325 e. The number of amides is 1. The number of hydrogen-bond donors (Lipinski definition) is 1. The van der Waals surface area contributed by atoms with Crippen LogP contribution in [-0.4, -0.2) is 31.4 Å². The van der Waals surface area contributed by atoms with Crippen molar-refractivity contribution < 1.29 is 4.79 Å². The van der Waals surface area contributed by atoms with E-state index in [1.54, 1.807) is 12.4 Å². The van der Waals surface area contributed by atoms with Gasteiger partial charge in [0.15, 0.2) is 11.0 Å². The predicted molar refractivity (Wildman–Crippen MR) is 113 cm³/mol. The Hall–Kier alpha value is -2.67. The molecule has 0 saturated heterocycles. The van der Waals surface area contributed by atoms with Gasteiger partial charge in [-0.15, -0.1) is 10.2 Å². The summed E-state index contributed by atoms with van der Waals surface area (Å²) < 4.78 is 2.06. The standard InChI is InChI=1S/C21H25N5OS/c1-4-13-26-20(16-9-11-22-12-10-16)24-25-21(26)28-14-19(27)23-18-8-6-5-7-17(18)15(2)3/h5-12,15H,4,13-14H2,1-3H3,(H,23,27). The molecular formula is C21H25N5OS. The summed E-state index contributed by atoms with van der Waals surface area (Å²) in [5.74, 6) is 1.39. The third-order valence-electron chi connectivity index (χ3n) is 4.29. The molecule has 0 aliphatic rings. The number of carbonyl (C=O) groups excluding carboxylic acids is 1. The first-order valence-corrected chi connectivity index (χ1v) is 10.4. The van der Waals surface area contributed by atoms with Crippen LogP contribution in [0.3, 0.4) is 0 Å². The highest BCUT2D eigenvalue weighted by Gasteiger charge is 2.16. The second-order valence-corrected chi connectivity index (χ2v) is 7.72. The summed E-state index contributed by atoms with van der Waals surface area (Å²) in [6, 6.07) is 11.8. The smallest absolute Gasteiger partial charge is 0.234 e. The fourth-order valence-electron chi connectivity index (χ4n) is 2.97. The van der Waals surface area contributed by atoms with Crippen molar-refractivity contribution in [3.63, 3.8) is 0 Å². The maximum absolute atomic E-state index is 12.5. The molecule has 3 rings (SSSR count). The van der Waals surface area contributed by atoms with Crippen LogP contribution in [0.5, 0.6) is 0 Å². The predicted octanol–water partition coefficient (Wildman–Crippen LogP) is 4.60. The topological polar surface area (TPSA) is 72.7 Å². The lowest BCUT2D eigenvalue weighted by atomic mass is 10.0. The fraction of sp³-hybridized carbons (Fsp3) is 0.333. The maximum Gasteiger partial charge on any atom is 0.234 e. The highest BCUT2D eigenvalue weighted by molar-refractivity contribution is 7.99. The number of para-hydroxylation sites is 1. The molecule has 7 heteroatoms. The van der Waals surface area contributed by atoms with Crippen molar-refractivity contribution in [2.75, 3.05) is 11.1 Å². The molecule has 28 heavy (non-hydrogen) atoms. The normalized spacial score (nSPS) is 11.0. The Morgan fingerprint density at radius 1 is 1.14 bits per heavy atom. The van der Waals surface area contributed by atoms with Gasteiger partial charge >= 0.3 is 0 Å². The van der Waals surface area contributed by atoms with Crippen LogP contribution in [0, 0.1) is 0 Å². The third-order valence-corrected chi connectivity index (χ3v) is 5.26. The van der Waals surface area contributed by atoms with Crippen molar-refractivity contribution in [3.05, 3.63) is 54.4 Å². The number of nitrogens with zero attached hydrogens (tertiary/aromatic N) is 4. The second-order valence-electron chi connectivity index (χ2n) is 6.77. The number of nitrogens with one attached hydrogen (secondary N) is 1. The van der Waals surface area contributed by atoms with Gasteiger partial charge in [0, 0.05) is 30.2 Å². The zero-order valence-corrected chi connectivity index (χ0v) is 17.2. The summed E-state index contributed by atoms with van der Waals surface area (Å²) in [6.07, 6.45) is 4.44. The number of pyridine rings is 1. The lowest BCUT2D eigenvalue weighted by Gasteiger charge is -2.13. The lowest BCUT2D eigenvalue weighted by Crippen LogP contribution is -2.16. The highest BCUT2D eigenvalue weighted by atomic mass is 32.2. The minimum atomic E-state index is -0.0467. The molecule has 1 amide bonds. The van der Waals surface area contributed by atoms with E-state index >= 15 is 0 Å². The molecule has 2 heterocycles. The molecule has 0 aliphatic carbocycles. The van der Waals surface area contributed by atoms with Crippen molar-refractivity contribution in [2.24, 2.45) is 0 Å². The van der Waals surface area contributed by atoms with Gasteiger partial charge in [-0.25, -0.2) is 0 Å². The van der Waals surface area contributed by atoms with Crippen molar-refractivity contribution in [3.8, 4) is 11.4 Å². The van der Waals surface area contributed by atoms with Crippen molar-refractivity contribution in [1.82, 2.24) is 19.7 Å². The zero-order valence-electron chi connectivity index (χ0n) is 16.4. The molecule has 3 aromatic rings. The summed E-state index contributed by atoms with van der Waals surface area (Å²) in [6.45, 7) is 7.15. The van der Waals surface area contributed by atoms with E-state index in [9.17, 15) is 4.79 Å². The Morgan fingerprint density at radius 3 is 2.61 bits per heavy atom. The van der Waals surface area contributed by atoms with Gasteiger partial charge in [-0.2, -0.15) is 0 Å². The number of hydrogen-bond acceptors (Lipinski definition) is 5. The molecule has 1 aromatic carbocycles. The summed E-state index contributed by atoms with van der Waals surface area (Å²) >= 11 is 1.41. The molecule has 0 fully saturated rings. The number of anilines is 1. The Bertz CT molecular complexity index is 924. The molecule has 0 spiro atoms. The van der Waals surface area contributed by atoms with E-state index in [-0.39, 0.29) is 11.7 Å². The van der Waals surface area contributed by atoms with E-state index in [4.69, 9.17) is 0 Å². The van der Waals surface area contributed by atoms with Gasteiger partial charge in [-0.1, -0.05) is 50.7 Å². The van der Waals surface area contributed by atoms with Crippen molar-refractivity contribution in [2.45, 2.75) is 44.8 Å². The summed E-state index contributed by atoms with van der Waals surface area (Å²) in [5, 5.41) is 12.4. The van der Waals surface area contributed by atoms with E-state index < -0.39 is 0 Å². The van der Waals surface area contributed by atoms with Crippen LogP contribution in [0.2, 0.25) is 0 Å². The molecule has 146 valence electrons. The first kappa shape index (κ1) is 20.1. The second kappa shape index (κ2) is 9.50. The van der Waals surface area contributed by atoms with E-state index in [2.05, 4.69) is 45.8 Å². The molecular weight excluding hydrogens is 370 g/mol. The van der Waals surface area contributed by atoms with E-state index in [1.165, 1.54) is 11.8 Å². The molecule has 0 radical (unpaired) electrons. The molecule has 0 saturated carbocycles. The van der Waals surface area contributed by atoms with Gasteiger partial charge in [-0.05, 0) is 36.1 Å². The van der Waals surface area contributed by atoms with Gasteiger partial charge < -0.3 is 9.88 Å². The number of aromatic nitrogens is 4. The molecule has 0 aliphatic heterocycles. The van der Waals surface area contributed by atoms with Crippen LogP contribution in [0.4, 0.5) is 5.69 Å². The van der Waals surface area contributed by atoms with Crippen LogP contribution in [0.1, 0.15) is 38.7 Å². The first-order chi connectivity index (χ1) is 13.6. The van der Waals surface area contributed by atoms with E-state index in [0.717, 1.165) is 40.8 Å². The summed E-state index contributed by atoms with van der Waals surface area (Å²) in [4.78, 5) is 16.6. The maximum atomic E-state index is 12.5. The van der Waals surface area contributed by atoms with Gasteiger partial charge in [-0.3, -0.25) is 9.78 Å². The molecule has 1 N–H and O–H groups in total. The van der Waals surface area contributed by atoms with Crippen molar-refractivity contribution in [1.29, 1.82) is 0 Å². The first-order valence-electron chi connectivity index (χ1n) is 9.45. The van der Waals surface area contributed by atoms with Gasteiger partial charge in [0.05, 0.1) is 5.75 Å². The van der Waals surface area contributed by atoms with Crippen LogP contribution in [-0.2, 0) is 11.3 Å². The van der Waals surface area contributed by atoms with E-state index in [0.29, 0.717) is 5.92 Å². The van der Waals surface area contributed by atoms with Crippen LogP contribution < -0.4 is 5.32 Å². The van der Waals surface area contributed by atoms with Crippen LogP contribution in [0.15, 0.2) is 53.9 Å². The largest absolute Gasteiger partial charge is 0.325 e. The molecule has 0 bridgehead atoms. The lowest BCUT2D eigenvalue weighted by molar-refractivity contribution is -0.113. The Balaban J connectivity index is 1.71. The molecule has 2 aromatic heterocycles. The molecule has 0 atom stereocenters. The number of benzene rings is 1. The number of rotatable bonds is 8. The SMILES string of the molecule is CCCn1c(SCC(=O)Nc2ccccc2C(C)C)nnc1-c1ccncc1. The Kier molecular flexibility index (Phi) is 6.81. The summed E-state index contributed by atoms with van der Waals surface area (Å²) in [7, 11) is 0. The van der Waals surface area contributed by atoms with Crippen LogP contribution >= 0.6 is 11.8 Å². The monoisotopic (exact) mass is 395 g/mol. The third kappa shape index (κ3) is 4.78.